The van der Waals surface area contributed by atoms with Gasteiger partial charge in [-0.05, 0) is 38.4 Å². The molecule has 0 radical (unpaired) electrons. The Morgan fingerprint density at radius 1 is 1.59 bits per heavy atom. The van der Waals surface area contributed by atoms with Gasteiger partial charge in [0.15, 0.2) is 0 Å². The molecule has 0 aromatic carbocycles. The van der Waals surface area contributed by atoms with Gasteiger partial charge in [0.05, 0.1) is 0 Å². The maximum Gasteiger partial charge on any atom is 0.354 e. The van der Waals surface area contributed by atoms with E-state index >= 15 is 0 Å². The summed E-state index contributed by atoms with van der Waals surface area (Å²) in [6.45, 7) is 5.20. The van der Waals surface area contributed by atoms with Crippen molar-refractivity contribution in [3.8, 4) is 0 Å². The average Bonchev–Trinajstić information content (AvgIpc) is 2.76. The molecule has 17 heavy (non-hydrogen) atoms. The summed E-state index contributed by atoms with van der Waals surface area (Å²) in [5.41, 5.74) is 2.45. The van der Waals surface area contributed by atoms with Gasteiger partial charge in [0.1, 0.15) is 11.3 Å². The van der Waals surface area contributed by atoms with E-state index in [9.17, 15) is 4.79 Å². The van der Waals surface area contributed by atoms with E-state index in [0.717, 1.165) is 38.9 Å². The second-order valence-corrected chi connectivity index (χ2v) is 5.37. The van der Waals surface area contributed by atoms with Crippen LogP contribution in [0.2, 0.25) is 0 Å². The summed E-state index contributed by atoms with van der Waals surface area (Å²) in [5.74, 6) is -0.940. The molecule has 4 heterocycles. The summed E-state index contributed by atoms with van der Waals surface area (Å²) < 4.78 is 0. The number of carbonyl (C=O) groups is 1. The molecule has 2 N–H and O–H groups in total. The molecule has 1 unspecified atom stereocenters. The Labute approximate surface area is 100 Å². The van der Waals surface area contributed by atoms with Crippen LogP contribution in [0.5, 0.6) is 0 Å². The largest absolute Gasteiger partial charge is 0.477 e. The van der Waals surface area contributed by atoms with Crippen LogP contribution in [-0.2, 0) is 9.63 Å². The molecule has 2 bridgehead atoms. The number of aliphatic carboxylic acids is 1. The minimum absolute atomic E-state index is 0.103. The quantitative estimate of drug-likeness (QED) is 0.742. The Bertz CT molecular complexity index is 385. The lowest BCUT2D eigenvalue weighted by Crippen LogP contribution is -2.65. The zero-order valence-electron chi connectivity index (χ0n) is 10.0. The van der Waals surface area contributed by atoms with Gasteiger partial charge in [-0.1, -0.05) is 6.92 Å². The molecule has 0 aromatic heterocycles. The van der Waals surface area contributed by atoms with Crippen LogP contribution >= 0.6 is 0 Å². The highest BCUT2D eigenvalue weighted by atomic mass is 16.7. The Morgan fingerprint density at radius 3 is 2.82 bits per heavy atom. The minimum Gasteiger partial charge on any atom is -0.477 e. The van der Waals surface area contributed by atoms with Crippen LogP contribution in [0.15, 0.2) is 11.8 Å². The maximum absolute atomic E-state index is 11.0. The zero-order valence-corrected chi connectivity index (χ0v) is 10.0. The smallest absolute Gasteiger partial charge is 0.354 e. The Hall–Kier alpha value is -1.07. The topological polar surface area (TPSA) is 61.8 Å². The molecule has 4 aliphatic heterocycles. The number of piperidine rings is 3. The van der Waals surface area contributed by atoms with Gasteiger partial charge in [0.25, 0.3) is 0 Å². The van der Waals surface area contributed by atoms with E-state index in [1.165, 1.54) is 0 Å². The highest BCUT2D eigenvalue weighted by Crippen LogP contribution is 2.53. The number of nitrogens with zero attached hydrogens (tertiary/aromatic N) is 1. The van der Waals surface area contributed by atoms with Gasteiger partial charge in [-0.25, -0.2) is 4.79 Å². The molecule has 1 atom stereocenters. The van der Waals surface area contributed by atoms with E-state index in [1.54, 1.807) is 6.08 Å². The summed E-state index contributed by atoms with van der Waals surface area (Å²) in [7, 11) is 0. The SMILES string of the molecule is CCC12CCN(CC1)CC21C=C(C(=O)O)NO1. The molecule has 3 saturated heterocycles. The van der Waals surface area contributed by atoms with Crippen molar-refractivity contribution in [3.05, 3.63) is 11.8 Å². The van der Waals surface area contributed by atoms with Crippen molar-refractivity contribution in [2.24, 2.45) is 5.41 Å². The number of hydrogen-bond acceptors (Lipinski definition) is 4. The van der Waals surface area contributed by atoms with Crippen molar-refractivity contribution in [2.45, 2.75) is 31.8 Å². The highest BCUT2D eigenvalue weighted by Gasteiger charge is 2.59. The molecular weight excluding hydrogens is 220 g/mol. The summed E-state index contributed by atoms with van der Waals surface area (Å²) in [4.78, 5) is 19.1. The first kappa shape index (κ1) is 11.0. The first-order chi connectivity index (χ1) is 8.11. The van der Waals surface area contributed by atoms with Crippen LogP contribution in [0.1, 0.15) is 26.2 Å². The number of hydrogen-bond donors (Lipinski definition) is 2. The molecule has 0 saturated carbocycles. The van der Waals surface area contributed by atoms with Crippen LogP contribution < -0.4 is 5.48 Å². The maximum atomic E-state index is 11.0. The van der Waals surface area contributed by atoms with Crippen LogP contribution in [-0.4, -0.2) is 41.2 Å². The van der Waals surface area contributed by atoms with Crippen molar-refractivity contribution in [1.29, 1.82) is 0 Å². The Kier molecular flexibility index (Phi) is 2.25. The van der Waals surface area contributed by atoms with Crippen molar-refractivity contribution >= 4 is 5.97 Å². The third-order valence-electron chi connectivity index (χ3n) is 4.80. The number of nitrogens with one attached hydrogen (secondary N) is 1. The summed E-state index contributed by atoms with van der Waals surface area (Å²) in [6.07, 6.45) is 5.01. The summed E-state index contributed by atoms with van der Waals surface area (Å²) in [6, 6.07) is 0. The monoisotopic (exact) mass is 238 g/mol. The standard InChI is InChI=1S/C12H18N2O3/c1-2-11-3-5-14(6-4-11)8-12(11)7-9(10(15)16)13-17-12/h7,13H,2-6,8H2,1H3,(H,15,16). The number of hydroxylamine groups is 1. The second kappa shape index (κ2) is 3.46. The molecule has 4 aliphatic rings. The molecule has 94 valence electrons. The number of carboxylic acids is 1. The van der Waals surface area contributed by atoms with Crippen LogP contribution in [0.3, 0.4) is 0 Å². The molecule has 5 heteroatoms. The van der Waals surface area contributed by atoms with Gasteiger partial charge in [-0.3, -0.25) is 15.2 Å². The number of rotatable bonds is 2. The average molecular weight is 238 g/mol. The van der Waals surface area contributed by atoms with Crippen molar-refractivity contribution in [1.82, 2.24) is 10.4 Å². The second-order valence-electron chi connectivity index (χ2n) is 5.37. The highest BCUT2D eigenvalue weighted by molar-refractivity contribution is 5.86. The predicted octanol–water partition coefficient (Wildman–Crippen LogP) is 0.734. The first-order valence-corrected chi connectivity index (χ1v) is 6.23. The zero-order chi connectivity index (χ0) is 12.1. The summed E-state index contributed by atoms with van der Waals surface area (Å²) in [5, 5.41) is 9.03. The predicted molar refractivity (Wildman–Crippen MR) is 61.1 cm³/mol. The van der Waals surface area contributed by atoms with E-state index in [-0.39, 0.29) is 11.1 Å². The number of carboxylic acid groups (broad SMARTS) is 1. The van der Waals surface area contributed by atoms with E-state index in [0.29, 0.717) is 0 Å². The van der Waals surface area contributed by atoms with E-state index in [4.69, 9.17) is 9.94 Å². The van der Waals surface area contributed by atoms with Gasteiger partial charge in [0.2, 0.25) is 0 Å². The Balaban J connectivity index is 1.99. The van der Waals surface area contributed by atoms with Gasteiger partial charge in [-0.15, -0.1) is 0 Å². The Morgan fingerprint density at radius 2 is 2.29 bits per heavy atom. The molecule has 0 amide bonds. The lowest BCUT2D eigenvalue weighted by molar-refractivity contribution is -0.191. The first-order valence-electron chi connectivity index (χ1n) is 6.23. The third kappa shape index (κ3) is 1.35. The fourth-order valence-corrected chi connectivity index (χ4v) is 3.60. The van der Waals surface area contributed by atoms with Crippen molar-refractivity contribution < 1.29 is 14.7 Å². The van der Waals surface area contributed by atoms with E-state index < -0.39 is 11.6 Å². The number of fused-ring (bicyclic) bond motifs is 2. The van der Waals surface area contributed by atoms with Crippen LogP contribution in [0.4, 0.5) is 0 Å². The molecule has 4 rings (SSSR count). The van der Waals surface area contributed by atoms with Gasteiger partial charge in [-0.2, -0.15) is 0 Å². The summed E-state index contributed by atoms with van der Waals surface area (Å²) >= 11 is 0. The van der Waals surface area contributed by atoms with Gasteiger partial charge in [0, 0.05) is 12.0 Å². The van der Waals surface area contributed by atoms with E-state index in [2.05, 4.69) is 17.3 Å². The molecule has 0 aromatic rings. The van der Waals surface area contributed by atoms with Crippen molar-refractivity contribution in [3.63, 3.8) is 0 Å². The lowest BCUT2D eigenvalue weighted by atomic mass is 9.60. The molecule has 3 fully saturated rings. The minimum atomic E-state index is -0.940. The molecular formula is C12H18N2O3. The third-order valence-corrected chi connectivity index (χ3v) is 4.80. The fraction of sp³-hybridized carbons (Fsp3) is 0.750. The molecule has 5 nitrogen and oxygen atoms in total. The molecule has 0 aliphatic carbocycles. The van der Waals surface area contributed by atoms with E-state index in [1.807, 2.05) is 0 Å². The van der Waals surface area contributed by atoms with Gasteiger partial charge < -0.3 is 5.11 Å². The van der Waals surface area contributed by atoms with Crippen LogP contribution in [0, 0.1) is 5.41 Å². The normalized spacial score (nSPS) is 43.6. The fourth-order valence-electron chi connectivity index (χ4n) is 3.60. The van der Waals surface area contributed by atoms with Crippen molar-refractivity contribution in [2.75, 3.05) is 19.6 Å². The van der Waals surface area contributed by atoms with Gasteiger partial charge >= 0.3 is 5.97 Å². The van der Waals surface area contributed by atoms with Crippen LogP contribution in [0.25, 0.3) is 0 Å². The molecule has 1 spiro atoms. The lowest BCUT2D eigenvalue weighted by Gasteiger charge is -2.57.